The van der Waals surface area contributed by atoms with E-state index in [0.717, 1.165) is 48.6 Å². The Balaban J connectivity index is 1.15. The van der Waals surface area contributed by atoms with Crippen molar-refractivity contribution < 1.29 is 14.7 Å². The van der Waals surface area contributed by atoms with Crippen LogP contribution in [0.3, 0.4) is 0 Å². The highest BCUT2D eigenvalue weighted by molar-refractivity contribution is 6.07. The van der Waals surface area contributed by atoms with Gasteiger partial charge in [-0.1, -0.05) is 12.1 Å². The van der Waals surface area contributed by atoms with Crippen LogP contribution in [0.2, 0.25) is 0 Å². The molecule has 0 saturated carbocycles. The molecule has 3 heterocycles. The Morgan fingerprint density at radius 3 is 1.90 bits per heavy atom. The normalized spacial score (nSPS) is 14.2. The molecule has 0 unspecified atom stereocenters. The molecule has 7 heteroatoms. The quantitative estimate of drug-likeness (QED) is 0.232. The molecular formula is C33H30N4O3. The average Bonchev–Trinajstić information content (AvgIpc) is 3.01. The topological polar surface area (TPSA) is 86.6 Å². The van der Waals surface area contributed by atoms with E-state index in [1.54, 1.807) is 61.2 Å². The van der Waals surface area contributed by atoms with Crippen LogP contribution < -0.4 is 4.90 Å². The zero-order chi connectivity index (χ0) is 27.7. The van der Waals surface area contributed by atoms with Crippen LogP contribution in [0.15, 0.2) is 104 Å². The van der Waals surface area contributed by atoms with Gasteiger partial charge in [0.2, 0.25) is 0 Å². The molecule has 5 rings (SSSR count). The van der Waals surface area contributed by atoms with E-state index in [9.17, 15) is 14.7 Å². The van der Waals surface area contributed by atoms with E-state index in [1.807, 2.05) is 48.5 Å². The fourth-order valence-electron chi connectivity index (χ4n) is 4.59. The van der Waals surface area contributed by atoms with Crippen LogP contribution in [0.4, 0.5) is 5.69 Å². The lowest BCUT2D eigenvalue weighted by atomic mass is 10.0. The number of allylic oxidation sites excluding steroid dienone is 2. The number of carbonyl (C=O) groups is 2. The van der Waals surface area contributed by atoms with Gasteiger partial charge in [-0.3, -0.25) is 24.5 Å². The molecule has 0 amide bonds. The fraction of sp³-hybridized carbons (Fsp3) is 0.152. The number of phenols is 1. The molecule has 7 nitrogen and oxygen atoms in total. The summed E-state index contributed by atoms with van der Waals surface area (Å²) in [6, 6.07) is 20.2. The zero-order valence-electron chi connectivity index (χ0n) is 22.1. The van der Waals surface area contributed by atoms with Crippen LogP contribution in [0.1, 0.15) is 37.4 Å². The Morgan fingerprint density at radius 1 is 0.750 bits per heavy atom. The molecule has 40 heavy (non-hydrogen) atoms. The molecule has 1 N–H and O–H groups in total. The predicted octanol–water partition coefficient (Wildman–Crippen LogP) is 5.30. The van der Waals surface area contributed by atoms with Crippen LogP contribution in [0.25, 0.3) is 12.2 Å². The van der Waals surface area contributed by atoms with E-state index >= 15 is 0 Å². The molecule has 0 bridgehead atoms. The van der Waals surface area contributed by atoms with E-state index in [4.69, 9.17) is 0 Å². The number of ketones is 2. The summed E-state index contributed by atoms with van der Waals surface area (Å²) in [5.74, 6) is 0.0192. The molecule has 1 aliphatic heterocycles. The molecule has 0 aliphatic carbocycles. The Labute approximate surface area is 233 Å². The molecular weight excluding hydrogens is 500 g/mol. The van der Waals surface area contributed by atoms with Gasteiger partial charge in [-0.25, -0.2) is 0 Å². The van der Waals surface area contributed by atoms with Gasteiger partial charge in [0.15, 0.2) is 11.6 Å². The first-order valence-corrected chi connectivity index (χ1v) is 13.2. The van der Waals surface area contributed by atoms with Crippen molar-refractivity contribution in [1.82, 2.24) is 14.9 Å². The van der Waals surface area contributed by atoms with Gasteiger partial charge in [0.25, 0.3) is 0 Å². The summed E-state index contributed by atoms with van der Waals surface area (Å²) in [6.07, 6.45) is 13.4. The Bertz CT molecular complexity index is 1510. The first-order chi connectivity index (χ1) is 19.5. The fourth-order valence-corrected chi connectivity index (χ4v) is 4.59. The smallest absolute Gasteiger partial charge is 0.185 e. The van der Waals surface area contributed by atoms with Gasteiger partial charge in [0.1, 0.15) is 5.75 Å². The van der Waals surface area contributed by atoms with Gasteiger partial charge in [-0.15, -0.1) is 0 Å². The maximum atomic E-state index is 12.7. The minimum absolute atomic E-state index is 0.0479. The molecule has 2 aromatic carbocycles. The van der Waals surface area contributed by atoms with Crippen LogP contribution >= 0.6 is 0 Å². The van der Waals surface area contributed by atoms with Crippen molar-refractivity contribution in [1.29, 1.82) is 0 Å². The van der Waals surface area contributed by atoms with E-state index < -0.39 is 0 Å². The van der Waals surface area contributed by atoms with Gasteiger partial charge >= 0.3 is 0 Å². The third-order valence-corrected chi connectivity index (χ3v) is 6.87. The number of hydrogen-bond donors (Lipinski definition) is 1. The summed E-state index contributed by atoms with van der Waals surface area (Å²) in [5, 5.41) is 10.4. The lowest BCUT2D eigenvalue weighted by molar-refractivity contribution is 0.103. The SMILES string of the molecule is O=C(/C=C/c1cccnc1)c1ccc(N2CCN(Cc3cc(C(=O)/C=C/c4cccnc4)ccc3O)CC2)cc1. The number of aromatic hydroxyl groups is 1. The zero-order valence-corrected chi connectivity index (χ0v) is 22.1. The highest BCUT2D eigenvalue weighted by Gasteiger charge is 2.19. The summed E-state index contributed by atoms with van der Waals surface area (Å²) >= 11 is 0. The molecule has 4 aromatic rings. The van der Waals surface area contributed by atoms with Crippen LogP contribution in [0, 0.1) is 0 Å². The molecule has 0 radical (unpaired) electrons. The third-order valence-electron chi connectivity index (χ3n) is 6.87. The number of rotatable bonds is 9. The van der Waals surface area contributed by atoms with Crippen LogP contribution in [0.5, 0.6) is 5.75 Å². The molecule has 1 fully saturated rings. The monoisotopic (exact) mass is 530 g/mol. The number of nitrogens with zero attached hydrogens (tertiary/aromatic N) is 4. The molecule has 0 spiro atoms. The lowest BCUT2D eigenvalue weighted by Gasteiger charge is -2.36. The number of benzene rings is 2. The standard InChI is InChI=1S/C33H30N4O3/c38-31(12-5-25-3-1-15-34-22-25)27-7-10-30(11-8-27)37-19-17-36(18-20-37)24-29-21-28(9-14-33(29)40)32(39)13-6-26-4-2-16-35-23-26/h1-16,21-23,40H,17-20,24H2/b12-5+,13-6+. The second-order valence-electron chi connectivity index (χ2n) is 9.62. The summed E-state index contributed by atoms with van der Waals surface area (Å²) in [4.78, 5) is 37.9. The highest BCUT2D eigenvalue weighted by atomic mass is 16.3. The third kappa shape index (κ3) is 6.95. The highest BCUT2D eigenvalue weighted by Crippen LogP contribution is 2.23. The predicted molar refractivity (Wildman–Crippen MR) is 157 cm³/mol. The Hall–Kier alpha value is -4.88. The number of anilines is 1. The first-order valence-electron chi connectivity index (χ1n) is 13.2. The molecule has 1 aliphatic rings. The maximum absolute atomic E-state index is 12.7. The number of phenolic OH excluding ortho intramolecular Hbond substituents is 1. The van der Waals surface area contributed by atoms with Gasteiger partial charge in [-0.05, 0) is 90.0 Å². The Kier molecular flexibility index (Phi) is 8.53. The van der Waals surface area contributed by atoms with Gasteiger partial charge < -0.3 is 10.0 Å². The van der Waals surface area contributed by atoms with Crippen molar-refractivity contribution >= 4 is 29.4 Å². The molecule has 0 atom stereocenters. The second-order valence-corrected chi connectivity index (χ2v) is 9.62. The first kappa shape index (κ1) is 26.7. The molecule has 2 aromatic heterocycles. The van der Waals surface area contributed by atoms with Crippen molar-refractivity contribution in [2.45, 2.75) is 6.54 Å². The van der Waals surface area contributed by atoms with Crippen LogP contribution in [-0.4, -0.2) is 57.7 Å². The minimum atomic E-state index is -0.121. The number of piperazine rings is 1. The lowest BCUT2D eigenvalue weighted by Crippen LogP contribution is -2.46. The summed E-state index contributed by atoms with van der Waals surface area (Å²) in [6.45, 7) is 3.83. The van der Waals surface area contributed by atoms with E-state index in [0.29, 0.717) is 17.7 Å². The Morgan fingerprint density at radius 2 is 1.32 bits per heavy atom. The summed E-state index contributed by atoms with van der Waals surface area (Å²) in [5.41, 5.74) is 4.72. The maximum Gasteiger partial charge on any atom is 0.185 e. The minimum Gasteiger partial charge on any atom is -0.508 e. The number of pyridine rings is 2. The van der Waals surface area contributed by atoms with E-state index in [-0.39, 0.29) is 17.3 Å². The molecule has 1 saturated heterocycles. The van der Waals surface area contributed by atoms with Gasteiger partial charge in [-0.2, -0.15) is 0 Å². The van der Waals surface area contributed by atoms with Crippen molar-refractivity contribution in [2.24, 2.45) is 0 Å². The van der Waals surface area contributed by atoms with Gasteiger partial charge in [0.05, 0.1) is 0 Å². The van der Waals surface area contributed by atoms with Crippen molar-refractivity contribution in [3.63, 3.8) is 0 Å². The van der Waals surface area contributed by atoms with Crippen molar-refractivity contribution in [3.8, 4) is 5.75 Å². The number of hydrogen-bond acceptors (Lipinski definition) is 7. The van der Waals surface area contributed by atoms with Gasteiger partial charge in [0, 0.05) is 79.9 Å². The summed E-state index contributed by atoms with van der Waals surface area (Å²) < 4.78 is 0. The van der Waals surface area contributed by atoms with E-state index in [2.05, 4.69) is 19.8 Å². The summed E-state index contributed by atoms with van der Waals surface area (Å²) in [7, 11) is 0. The largest absolute Gasteiger partial charge is 0.508 e. The van der Waals surface area contributed by atoms with Crippen LogP contribution in [-0.2, 0) is 6.54 Å². The second kappa shape index (κ2) is 12.8. The average molecular weight is 531 g/mol. The molecule has 200 valence electrons. The van der Waals surface area contributed by atoms with Crippen molar-refractivity contribution in [3.05, 3.63) is 131 Å². The van der Waals surface area contributed by atoms with Crippen molar-refractivity contribution in [2.75, 3.05) is 31.1 Å². The number of aromatic nitrogens is 2. The van der Waals surface area contributed by atoms with E-state index in [1.165, 1.54) is 6.08 Å². The number of carbonyl (C=O) groups excluding carboxylic acids is 2.